The third-order valence-corrected chi connectivity index (χ3v) is 4.65. The van der Waals surface area contributed by atoms with Crippen LogP contribution in [0.2, 0.25) is 0 Å². The van der Waals surface area contributed by atoms with Crippen molar-refractivity contribution in [2.75, 3.05) is 6.54 Å². The molecule has 0 radical (unpaired) electrons. The van der Waals surface area contributed by atoms with Crippen molar-refractivity contribution in [3.63, 3.8) is 0 Å². The zero-order valence-electron chi connectivity index (χ0n) is 13.9. The second kappa shape index (κ2) is 8.46. The number of aryl methyl sites for hydroxylation is 2. The van der Waals surface area contributed by atoms with Crippen LogP contribution in [0.25, 0.3) is 0 Å². The van der Waals surface area contributed by atoms with Crippen LogP contribution >= 0.6 is 11.3 Å². The van der Waals surface area contributed by atoms with E-state index < -0.39 is 0 Å². The van der Waals surface area contributed by atoms with E-state index in [1.165, 1.54) is 0 Å². The zero-order chi connectivity index (χ0) is 17.5. The molecule has 0 spiro atoms. The van der Waals surface area contributed by atoms with Crippen LogP contribution in [-0.4, -0.2) is 23.1 Å². The SMILES string of the molecule is Cc1cc(C(=O)CCC(=O)N(CCC#N)Cc2ccco2)c(C)s1. The van der Waals surface area contributed by atoms with E-state index in [9.17, 15) is 9.59 Å². The Morgan fingerprint density at radius 1 is 1.33 bits per heavy atom. The third kappa shape index (κ3) is 4.80. The number of amides is 1. The average Bonchev–Trinajstić information content (AvgIpc) is 3.17. The normalized spacial score (nSPS) is 10.4. The Morgan fingerprint density at radius 2 is 2.12 bits per heavy atom. The number of carbonyl (C=O) groups is 2. The number of nitriles is 1. The van der Waals surface area contributed by atoms with Crippen LogP contribution in [0, 0.1) is 25.2 Å². The van der Waals surface area contributed by atoms with Crippen molar-refractivity contribution in [2.24, 2.45) is 0 Å². The lowest BCUT2D eigenvalue weighted by Gasteiger charge is -2.20. The minimum atomic E-state index is -0.139. The third-order valence-electron chi connectivity index (χ3n) is 3.68. The van der Waals surface area contributed by atoms with Gasteiger partial charge in [-0.1, -0.05) is 0 Å². The standard InChI is InChI=1S/C18H20N2O3S/c1-13-11-16(14(2)24-13)17(21)6-7-18(22)20(9-4-8-19)12-15-5-3-10-23-15/h3,5,10-11H,4,6-7,9,12H2,1-2H3. The summed E-state index contributed by atoms with van der Waals surface area (Å²) in [7, 11) is 0. The Balaban J connectivity index is 1.95. The fourth-order valence-corrected chi connectivity index (χ4v) is 3.43. The van der Waals surface area contributed by atoms with E-state index in [0.29, 0.717) is 24.4 Å². The largest absolute Gasteiger partial charge is 0.467 e. The summed E-state index contributed by atoms with van der Waals surface area (Å²) < 4.78 is 5.27. The van der Waals surface area contributed by atoms with Gasteiger partial charge < -0.3 is 9.32 Å². The smallest absolute Gasteiger partial charge is 0.223 e. The van der Waals surface area contributed by atoms with E-state index in [4.69, 9.17) is 9.68 Å². The quantitative estimate of drug-likeness (QED) is 0.681. The highest BCUT2D eigenvalue weighted by molar-refractivity contribution is 7.12. The Labute approximate surface area is 145 Å². The van der Waals surface area contributed by atoms with Crippen LogP contribution < -0.4 is 0 Å². The highest BCUT2D eigenvalue weighted by atomic mass is 32.1. The van der Waals surface area contributed by atoms with Gasteiger partial charge >= 0.3 is 0 Å². The molecule has 126 valence electrons. The van der Waals surface area contributed by atoms with Gasteiger partial charge in [-0.25, -0.2) is 0 Å². The number of carbonyl (C=O) groups excluding carboxylic acids is 2. The van der Waals surface area contributed by atoms with Crippen molar-refractivity contribution in [3.8, 4) is 6.07 Å². The summed E-state index contributed by atoms with van der Waals surface area (Å²) in [6.45, 7) is 4.54. The summed E-state index contributed by atoms with van der Waals surface area (Å²) in [6.07, 6.45) is 2.12. The number of furan rings is 1. The molecule has 6 heteroatoms. The van der Waals surface area contributed by atoms with Crippen LogP contribution in [0.5, 0.6) is 0 Å². The first-order valence-corrected chi connectivity index (χ1v) is 8.60. The fourth-order valence-electron chi connectivity index (χ4n) is 2.49. The van der Waals surface area contributed by atoms with E-state index in [0.717, 1.165) is 9.75 Å². The van der Waals surface area contributed by atoms with Gasteiger partial charge in [0.15, 0.2) is 5.78 Å². The maximum atomic E-state index is 12.4. The highest BCUT2D eigenvalue weighted by Crippen LogP contribution is 2.22. The molecule has 0 aliphatic rings. The monoisotopic (exact) mass is 344 g/mol. The van der Waals surface area contributed by atoms with Gasteiger partial charge in [-0.05, 0) is 32.0 Å². The highest BCUT2D eigenvalue weighted by Gasteiger charge is 2.18. The van der Waals surface area contributed by atoms with Gasteiger partial charge in [-0.15, -0.1) is 11.3 Å². The van der Waals surface area contributed by atoms with Gasteiger partial charge in [-0.2, -0.15) is 5.26 Å². The Bertz CT molecular complexity index is 741. The Kier molecular flexibility index (Phi) is 6.33. The molecule has 5 nitrogen and oxygen atoms in total. The Morgan fingerprint density at radius 3 is 2.71 bits per heavy atom. The topological polar surface area (TPSA) is 74.3 Å². The molecular formula is C18H20N2O3S. The van der Waals surface area contributed by atoms with Crippen LogP contribution in [0.15, 0.2) is 28.9 Å². The summed E-state index contributed by atoms with van der Waals surface area (Å²) in [5.41, 5.74) is 0.708. The van der Waals surface area contributed by atoms with Gasteiger partial charge in [0.2, 0.25) is 5.91 Å². The number of thiophene rings is 1. The molecule has 2 rings (SSSR count). The van der Waals surface area contributed by atoms with Gasteiger partial charge in [0, 0.05) is 34.7 Å². The molecule has 24 heavy (non-hydrogen) atoms. The minimum Gasteiger partial charge on any atom is -0.467 e. The lowest BCUT2D eigenvalue weighted by Crippen LogP contribution is -2.31. The number of ketones is 1. The Hall–Kier alpha value is -2.39. The first-order chi connectivity index (χ1) is 11.5. The van der Waals surface area contributed by atoms with E-state index in [-0.39, 0.29) is 31.0 Å². The second-order valence-electron chi connectivity index (χ2n) is 5.55. The lowest BCUT2D eigenvalue weighted by atomic mass is 10.1. The van der Waals surface area contributed by atoms with Gasteiger partial charge in [-0.3, -0.25) is 9.59 Å². The molecule has 0 N–H and O–H groups in total. The summed E-state index contributed by atoms with van der Waals surface area (Å²) in [6, 6.07) is 7.47. The maximum absolute atomic E-state index is 12.4. The first-order valence-electron chi connectivity index (χ1n) is 7.78. The average molecular weight is 344 g/mol. The van der Waals surface area contributed by atoms with Crippen molar-refractivity contribution in [3.05, 3.63) is 45.5 Å². The van der Waals surface area contributed by atoms with Crippen molar-refractivity contribution in [2.45, 2.75) is 39.7 Å². The van der Waals surface area contributed by atoms with Crippen molar-refractivity contribution in [1.29, 1.82) is 5.26 Å². The van der Waals surface area contributed by atoms with E-state index in [1.807, 2.05) is 26.0 Å². The number of hydrogen-bond donors (Lipinski definition) is 0. The summed E-state index contributed by atoms with van der Waals surface area (Å²) in [4.78, 5) is 28.4. The second-order valence-corrected chi connectivity index (χ2v) is 7.01. The zero-order valence-corrected chi connectivity index (χ0v) is 14.7. The van der Waals surface area contributed by atoms with Crippen LogP contribution in [0.1, 0.15) is 45.1 Å². The van der Waals surface area contributed by atoms with Crippen LogP contribution in [0.3, 0.4) is 0 Å². The molecule has 2 aromatic heterocycles. The maximum Gasteiger partial charge on any atom is 0.223 e. The molecule has 0 atom stereocenters. The summed E-state index contributed by atoms with van der Waals surface area (Å²) in [5.74, 6) is 0.514. The predicted molar refractivity (Wildman–Crippen MR) is 91.7 cm³/mol. The predicted octanol–water partition coefficient (Wildman–Crippen LogP) is 3.86. The molecule has 0 fully saturated rings. The lowest BCUT2D eigenvalue weighted by molar-refractivity contribution is -0.132. The van der Waals surface area contributed by atoms with Gasteiger partial charge in [0.1, 0.15) is 5.76 Å². The van der Waals surface area contributed by atoms with Crippen molar-refractivity contribution >= 4 is 23.0 Å². The fraction of sp³-hybridized carbons (Fsp3) is 0.389. The first kappa shape index (κ1) is 18.0. The number of rotatable bonds is 8. The molecule has 0 saturated carbocycles. The van der Waals surface area contributed by atoms with Crippen LogP contribution in [-0.2, 0) is 11.3 Å². The molecular weight excluding hydrogens is 324 g/mol. The molecule has 0 aliphatic carbocycles. The van der Waals surface area contributed by atoms with Crippen LogP contribution in [0.4, 0.5) is 0 Å². The van der Waals surface area contributed by atoms with E-state index in [1.54, 1.807) is 34.6 Å². The summed E-state index contributed by atoms with van der Waals surface area (Å²) >= 11 is 1.59. The molecule has 2 heterocycles. The molecule has 0 aliphatic heterocycles. The molecule has 0 unspecified atom stereocenters. The van der Waals surface area contributed by atoms with Gasteiger partial charge in [0.25, 0.3) is 0 Å². The van der Waals surface area contributed by atoms with E-state index in [2.05, 4.69) is 0 Å². The van der Waals surface area contributed by atoms with Crippen molar-refractivity contribution in [1.82, 2.24) is 4.90 Å². The molecule has 2 aromatic rings. The number of Topliss-reactive ketones (excluding diaryl/α,β-unsaturated/α-hetero) is 1. The molecule has 0 saturated heterocycles. The van der Waals surface area contributed by atoms with Crippen molar-refractivity contribution < 1.29 is 14.0 Å². The molecule has 0 bridgehead atoms. The number of nitrogens with zero attached hydrogens (tertiary/aromatic N) is 2. The number of hydrogen-bond acceptors (Lipinski definition) is 5. The summed E-state index contributed by atoms with van der Waals surface area (Å²) in [5, 5.41) is 8.76. The van der Waals surface area contributed by atoms with Gasteiger partial charge in [0.05, 0.1) is 25.3 Å². The minimum absolute atomic E-state index is 0.0107. The van der Waals surface area contributed by atoms with E-state index >= 15 is 0 Å². The molecule has 0 aromatic carbocycles. The molecule has 1 amide bonds.